The van der Waals surface area contributed by atoms with Crippen molar-refractivity contribution in [2.45, 2.75) is 51.7 Å². The maximum absolute atomic E-state index is 6.07. The lowest BCUT2D eigenvalue weighted by Crippen LogP contribution is -2.32. The Kier molecular flexibility index (Phi) is 4.43. The van der Waals surface area contributed by atoms with Crippen LogP contribution in [0.3, 0.4) is 0 Å². The molecule has 2 unspecified atom stereocenters. The quantitative estimate of drug-likeness (QED) is 0.837. The monoisotopic (exact) mass is 233 g/mol. The number of nitrogens with one attached hydrogen (secondary N) is 1. The van der Waals surface area contributed by atoms with Crippen LogP contribution in [0.2, 0.25) is 0 Å². The van der Waals surface area contributed by atoms with Crippen molar-refractivity contribution in [2.75, 3.05) is 6.54 Å². The fraction of sp³-hybridized carbons (Fsp3) is 0.600. The van der Waals surface area contributed by atoms with E-state index in [2.05, 4.69) is 43.4 Å². The number of para-hydroxylation sites is 1. The van der Waals surface area contributed by atoms with E-state index in [-0.39, 0.29) is 0 Å². The first-order valence-electron chi connectivity index (χ1n) is 6.84. The van der Waals surface area contributed by atoms with E-state index in [9.17, 15) is 0 Å². The molecule has 0 spiro atoms. The van der Waals surface area contributed by atoms with Crippen LogP contribution in [0.1, 0.15) is 51.1 Å². The Morgan fingerprint density at radius 1 is 1.29 bits per heavy atom. The second-order valence-corrected chi connectivity index (χ2v) is 4.77. The van der Waals surface area contributed by atoms with Crippen molar-refractivity contribution in [1.29, 1.82) is 0 Å². The minimum absolute atomic E-state index is 0.383. The molecule has 2 nitrogen and oxygen atoms in total. The minimum Gasteiger partial charge on any atom is -0.490 e. The molecule has 0 saturated heterocycles. The molecule has 0 fully saturated rings. The van der Waals surface area contributed by atoms with Gasteiger partial charge in [0.15, 0.2) is 0 Å². The summed E-state index contributed by atoms with van der Waals surface area (Å²) in [5.41, 5.74) is 1.32. The lowest BCUT2D eigenvalue weighted by atomic mass is 9.94. The first kappa shape index (κ1) is 12.4. The fourth-order valence-electron chi connectivity index (χ4n) is 2.54. The van der Waals surface area contributed by atoms with Crippen molar-refractivity contribution in [2.24, 2.45) is 0 Å². The molecule has 1 aliphatic rings. The van der Waals surface area contributed by atoms with Gasteiger partial charge < -0.3 is 10.1 Å². The van der Waals surface area contributed by atoms with E-state index in [1.807, 2.05) is 0 Å². The number of ether oxygens (including phenoxy) is 1. The molecule has 1 aliphatic heterocycles. The van der Waals surface area contributed by atoms with Crippen LogP contribution in [0.15, 0.2) is 24.3 Å². The summed E-state index contributed by atoms with van der Waals surface area (Å²) in [6, 6.07) is 8.89. The average Bonchev–Trinajstić information content (AvgIpc) is 2.37. The number of hydrogen-bond donors (Lipinski definition) is 1. The number of fused-ring (bicyclic) bond motifs is 1. The largest absolute Gasteiger partial charge is 0.490 e. The summed E-state index contributed by atoms with van der Waals surface area (Å²) in [6.07, 6.45) is 5.16. The van der Waals surface area contributed by atoms with Crippen LogP contribution < -0.4 is 10.1 Å². The van der Waals surface area contributed by atoms with Crippen molar-refractivity contribution < 1.29 is 4.74 Å². The number of rotatable bonds is 5. The van der Waals surface area contributed by atoms with E-state index in [4.69, 9.17) is 4.74 Å². The molecule has 1 N–H and O–H groups in total. The highest BCUT2D eigenvalue weighted by atomic mass is 16.5. The standard InChI is InChI=1S/C15H23NO/c1-3-5-8-12-11-14(16-4-2)13-9-6-7-10-15(13)17-12/h6-7,9-10,12,14,16H,3-5,8,11H2,1-2H3. The van der Waals surface area contributed by atoms with E-state index in [1.54, 1.807) is 0 Å². The highest BCUT2D eigenvalue weighted by Gasteiger charge is 2.26. The lowest BCUT2D eigenvalue weighted by Gasteiger charge is -2.32. The Morgan fingerprint density at radius 2 is 2.12 bits per heavy atom. The maximum Gasteiger partial charge on any atom is 0.124 e. The highest BCUT2D eigenvalue weighted by Crippen LogP contribution is 2.35. The smallest absolute Gasteiger partial charge is 0.124 e. The van der Waals surface area contributed by atoms with Crippen LogP contribution in [0.25, 0.3) is 0 Å². The Hall–Kier alpha value is -1.02. The average molecular weight is 233 g/mol. The van der Waals surface area contributed by atoms with Gasteiger partial charge in [-0.1, -0.05) is 44.9 Å². The SMILES string of the molecule is CCCCC1CC(NCC)c2ccccc2O1. The van der Waals surface area contributed by atoms with Crippen molar-refractivity contribution in [3.8, 4) is 5.75 Å². The summed E-state index contributed by atoms with van der Waals surface area (Å²) in [5, 5.41) is 3.57. The normalized spacial score (nSPS) is 22.9. The van der Waals surface area contributed by atoms with Gasteiger partial charge in [-0.25, -0.2) is 0 Å². The van der Waals surface area contributed by atoms with Crippen LogP contribution in [0.4, 0.5) is 0 Å². The maximum atomic E-state index is 6.07. The molecule has 0 aliphatic carbocycles. The van der Waals surface area contributed by atoms with E-state index >= 15 is 0 Å². The van der Waals surface area contributed by atoms with E-state index < -0.39 is 0 Å². The zero-order valence-corrected chi connectivity index (χ0v) is 10.9. The molecular formula is C15H23NO. The van der Waals surface area contributed by atoms with E-state index in [0.717, 1.165) is 18.7 Å². The third kappa shape index (κ3) is 3.01. The van der Waals surface area contributed by atoms with Gasteiger partial charge in [0.05, 0.1) is 0 Å². The Bertz CT molecular complexity index is 351. The van der Waals surface area contributed by atoms with Gasteiger partial charge >= 0.3 is 0 Å². The highest BCUT2D eigenvalue weighted by molar-refractivity contribution is 5.37. The van der Waals surface area contributed by atoms with Gasteiger partial charge in [-0.05, 0) is 19.0 Å². The van der Waals surface area contributed by atoms with Crippen molar-refractivity contribution in [1.82, 2.24) is 5.32 Å². The molecule has 94 valence electrons. The van der Waals surface area contributed by atoms with Crippen LogP contribution in [-0.4, -0.2) is 12.6 Å². The molecule has 0 amide bonds. The van der Waals surface area contributed by atoms with Crippen molar-refractivity contribution in [3.05, 3.63) is 29.8 Å². The molecule has 0 aromatic heterocycles. The number of benzene rings is 1. The first-order valence-corrected chi connectivity index (χ1v) is 6.84. The zero-order chi connectivity index (χ0) is 12.1. The molecule has 0 bridgehead atoms. The van der Waals surface area contributed by atoms with Gasteiger partial charge in [0.1, 0.15) is 11.9 Å². The number of hydrogen-bond acceptors (Lipinski definition) is 2. The van der Waals surface area contributed by atoms with Gasteiger partial charge in [0.2, 0.25) is 0 Å². The van der Waals surface area contributed by atoms with Crippen LogP contribution in [-0.2, 0) is 0 Å². The molecule has 2 heteroatoms. The van der Waals surface area contributed by atoms with Gasteiger partial charge in [0, 0.05) is 18.0 Å². The van der Waals surface area contributed by atoms with Gasteiger partial charge in [-0.15, -0.1) is 0 Å². The van der Waals surface area contributed by atoms with Gasteiger partial charge in [-0.3, -0.25) is 0 Å². The van der Waals surface area contributed by atoms with Crippen LogP contribution >= 0.6 is 0 Å². The summed E-state index contributed by atoms with van der Waals surface area (Å²) in [4.78, 5) is 0. The summed E-state index contributed by atoms with van der Waals surface area (Å²) in [6.45, 7) is 5.41. The molecule has 0 radical (unpaired) electrons. The molecular weight excluding hydrogens is 210 g/mol. The fourth-order valence-corrected chi connectivity index (χ4v) is 2.54. The first-order chi connectivity index (χ1) is 8.35. The van der Waals surface area contributed by atoms with E-state index in [1.165, 1.54) is 24.8 Å². The predicted molar refractivity (Wildman–Crippen MR) is 71.4 cm³/mol. The summed E-state index contributed by atoms with van der Waals surface area (Å²) in [5.74, 6) is 1.07. The van der Waals surface area contributed by atoms with Crippen molar-refractivity contribution in [3.63, 3.8) is 0 Å². The predicted octanol–water partition coefficient (Wildman–Crippen LogP) is 3.68. The topological polar surface area (TPSA) is 21.3 Å². The van der Waals surface area contributed by atoms with Crippen LogP contribution in [0, 0.1) is 0 Å². The molecule has 17 heavy (non-hydrogen) atoms. The van der Waals surface area contributed by atoms with Crippen molar-refractivity contribution >= 4 is 0 Å². The zero-order valence-electron chi connectivity index (χ0n) is 10.9. The third-order valence-corrected chi connectivity index (χ3v) is 3.42. The lowest BCUT2D eigenvalue weighted by molar-refractivity contribution is 0.139. The Morgan fingerprint density at radius 3 is 2.88 bits per heavy atom. The molecule has 1 aromatic rings. The summed E-state index contributed by atoms with van der Waals surface area (Å²) >= 11 is 0. The third-order valence-electron chi connectivity index (χ3n) is 3.42. The van der Waals surface area contributed by atoms with Crippen LogP contribution in [0.5, 0.6) is 5.75 Å². The molecule has 2 rings (SSSR count). The van der Waals surface area contributed by atoms with Gasteiger partial charge in [0.25, 0.3) is 0 Å². The summed E-state index contributed by atoms with van der Waals surface area (Å²) < 4.78 is 6.07. The van der Waals surface area contributed by atoms with Gasteiger partial charge in [-0.2, -0.15) is 0 Å². The minimum atomic E-state index is 0.383. The summed E-state index contributed by atoms with van der Waals surface area (Å²) in [7, 11) is 0. The Balaban J connectivity index is 2.11. The second-order valence-electron chi connectivity index (χ2n) is 4.77. The molecule has 2 atom stereocenters. The van der Waals surface area contributed by atoms with E-state index in [0.29, 0.717) is 12.1 Å². The molecule has 1 heterocycles. The second kappa shape index (κ2) is 6.06. The molecule has 1 aromatic carbocycles. The number of unbranched alkanes of at least 4 members (excludes halogenated alkanes) is 1. The Labute approximate surface area is 104 Å². The molecule has 0 saturated carbocycles.